The van der Waals surface area contributed by atoms with Crippen LogP contribution in [0.2, 0.25) is 15.1 Å². The predicted octanol–water partition coefficient (Wildman–Crippen LogP) is 17.4. The van der Waals surface area contributed by atoms with E-state index in [1.807, 2.05) is 140 Å². The number of aromatic nitrogens is 5. The highest BCUT2D eigenvalue weighted by atomic mass is 79.9. The van der Waals surface area contributed by atoms with Gasteiger partial charge in [0.25, 0.3) is 0 Å². The minimum Gasteiger partial charge on any atom is -0.423 e. The molecule has 0 spiro atoms. The van der Waals surface area contributed by atoms with E-state index >= 15 is 0 Å². The topological polar surface area (TPSA) is 304 Å². The summed E-state index contributed by atoms with van der Waals surface area (Å²) >= 11 is 30.8. The number of nitrogens with two attached hydrogens (primary N) is 1. The zero-order valence-corrected chi connectivity index (χ0v) is 68.1. The van der Waals surface area contributed by atoms with E-state index in [0.29, 0.717) is 68.3 Å². The largest absolute Gasteiger partial charge is 0.639 e. The molecule has 1 aliphatic heterocycles. The molecule has 11 aromatic rings. The number of carbonyl (C=O) groups is 3. The molecule has 0 bridgehead atoms. The Morgan fingerprint density at radius 2 is 1.17 bits per heavy atom. The number of aldehydes is 2. The van der Waals surface area contributed by atoms with Gasteiger partial charge in [0.2, 0.25) is 5.78 Å². The number of nitrogens with one attached hydrogen (secondary N) is 1. The van der Waals surface area contributed by atoms with Crippen LogP contribution in [-0.4, -0.2) is 132 Å². The number of halogens is 5. The van der Waals surface area contributed by atoms with Crippen molar-refractivity contribution in [1.82, 2.24) is 24.9 Å². The summed E-state index contributed by atoms with van der Waals surface area (Å²) in [6.45, 7) is 20.7. The fourth-order valence-electron chi connectivity index (χ4n) is 10.7. The molecule has 3 atom stereocenters. The van der Waals surface area contributed by atoms with Crippen LogP contribution in [0.25, 0.3) is 54.8 Å². The molecular formula is C73H80B2Br2Cl3N7O14S5. The van der Waals surface area contributed by atoms with E-state index in [9.17, 15) is 27.9 Å². The molecule has 6 N–H and O–H groups in total. The first-order valence-electron chi connectivity index (χ1n) is 32.7. The van der Waals surface area contributed by atoms with Gasteiger partial charge in [-0.3, -0.25) is 28.5 Å². The summed E-state index contributed by atoms with van der Waals surface area (Å²) in [5.41, 5.74) is 4.16. The third-order valence-electron chi connectivity index (χ3n) is 15.5. The molecule has 0 unspecified atom stereocenters. The Kier molecular flexibility index (Phi) is 34.0. The van der Waals surface area contributed by atoms with Crippen LogP contribution < -0.4 is 15.9 Å². The monoisotopic (exact) mass is 1720 g/mol. The lowest BCUT2D eigenvalue weighted by molar-refractivity contribution is -0.0413. The highest BCUT2D eigenvalue weighted by Crippen LogP contribution is 2.39. The summed E-state index contributed by atoms with van der Waals surface area (Å²) in [6.07, 6.45) is 9.80. The highest BCUT2D eigenvalue weighted by molar-refractivity contribution is 9.10. The number of rotatable bonds is 19. The predicted molar refractivity (Wildman–Crippen MR) is 437 cm³/mol. The van der Waals surface area contributed by atoms with Crippen molar-refractivity contribution < 1.29 is 65.6 Å². The van der Waals surface area contributed by atoms with Crippen LogP contribution in [0.5, 0.6) is 0 Å². The van der Waals surface area contributed by atoms with Gasteiger partial charge in [0.1, 0.15) is 16.7 Å². The van der Waals surface area contributed by atoms with Crippen molar-refractivity contribution in [3.63, 3.8) is 0 Å². The van der Waals surface area contributed by atoms with Crippen molar-refractivity contribution in [1.29, 1.82) is 0 Å². The molecular weight excluding hydrogens is 1650 g/mol. The lowest BCUT2D eigenvalue weighted by Gasteiger charge is -2.20. The Bertz CT molecular complexity index is 4850. The number of hydrogen-bond acceptors (Lipinski definition) is 24. The fourth-order valence-corrected chi connectivity index (χ4v) is 16.3. The lowest BCUT2D eigenvalue weighted by atomic mass is 9.80. The third kappa shape index (κ3) is 25.3. The number of ketones is 1. The maximum Gasteiger partial charge on any atom is 0.639 e. The molecule has 1 saturated heterocycles. The zero-order chi connectivity index (χ0) is 76.4. The van der Waals surface area contributed by atoms with E-state index in [2.05, 4.69) is 79.3 Å². The first-order valence-corrected chi connectivity index (χ1v) is 40.1. The van der Waals surface area contributed by atoms with Gasteiger partial charge in [-0.2, -0.15) is 8.42 Å². The van der Waals surface area contributed by atoms with E-state index in [1.54, 1.807) is 36.9 Å². The quantitative estimate of drug-likeness (QED) is 0.0217. The van der Waals surface area contributed by atoms with Crippen molar-refractivity contribution in [3.8, 4) is 22.5 Å². The van der Waals surface area contributed by atoms with Gasteiger partial charge in [0, 0.05) is 121 Å². The van der Waals surface area contributed by atoms with Crippen molar-refractivity contribution in [2.75, 3.05) is 25.1 Å². The minimum absolute atomic E-state index is 0. The molecule has 3 aromatic carbocycles. The van der Waals surface area contributed by atoms with E-state index in [0.717, 1.165) is 94.7 Å². The van der Waals surface area contributed by atoms with E-state index in [4.69, 9.17) is 73.4 Å². The number of aliphatic hydroxyl groups excluding tert-OH is 1. The summed E-state index contributed by atoms with van der Waals surface area (Å²) in [7, 11) is -6.12. The smallest absolute Gasteiger partial charge is 0.423 e. The Balaban J connectivity index is 0.000000193. The Hall–Kier alpha value is -5.91. The lowest BCUT2D eigenvalue weighted by Crippen LogP contribution is -2.34. The number of hydrogen-bond donors (Lipinski definition) is 5. The average molecular weight is 1730 g/mol. The van der Waals surface area contributed by atoms with E-state index < -0.39 is 36.8 Å². The standard InChI is InChI=1S/C25H24ClN5O5S2.C15H10ClNOS.C9H21BO3.C9H5BrClN.C8H9BrO2S.C6H7BO3S.CH4/c1-13-18(23-19-7-16(26)3-2-14(19)4-5-29-23)9-22(37-13)24(33)20-10-28-12-30-25(20)31-17-6-15(21(32)8-17)11-36-38(27,34)35;1-9-13(7-12(8-18)19-9)15-14-6-11(16)3-2-10(14)4-5-17-15;1-7(2)11-10(12-8(3)4)13-9(5)6;10-9-8-5-7(11)2-1-6(8)3-4-12-9;1-5-6(9)4-7(12-5)8-10-2-3-11-8;1-4-6(7(9)10)2-5(3-8)11-4;/h2-5,7,9-10,12,15,17,21,32H,6,8,11H2,1H3,(H2,27,34,35)(H,28,30,31);2-8H,1H3;7-9H,1-6H3;1-5H;4,8H,2-3H2,1H3;2-3,9-10H,1H3;1H4/t15-,17-,21+;;;;;;/m1....../s1. The molecule has 2 fully saturated rings. The highest BCUT2D eigenvalue weighted by Gasteiger charge is 2.35. The number of carbonyl (C=O) groups excluding carboxylic acids is 3. The Morgan fingerprint density at radius 1 is 0.670 bits per heavy atom. The number of aryl methyl sites for hydroxylation is 4. The number of fused-ring (bicyclic) bond motifs is 3. The molecule has 562 valence electrons. The number of anilines is 1. The Labute approximate surface area is 665 Å². The average Bonchev–Trinajstić information content (AvgIpc) is 1.57. The van der Waals surface area contributed by atoms with Gasteiger partial charge < -0.3 is 43.9 Å². The van der Waals surface area contributed by atoms with Crippen LogP contribution in [0.1, 0.15) is 127 Å². The van der Waals surface area contributed by atoms with Crippen LogP contribution in [-0.2, 0) is 37.9 Å². The van der Waals surface area contributed by atoms with Crippen LogP contribution in [0.15, 0.2) is 137 Å². The number of nitrogens with zero attached hydrogens (tertiary/aromatic N) is 5. The second-order valence-electron chi connectivity index (χ2n) is 24.5. The molecule has 0 radical (unpaired) electrons. The van der Waals surface area contributed by atoms with Gasteiger partial charge in [0.15, 0.2) is 18.9 Å². The molecule has 8 aromatic heterocycles. The summed E-state index contributed by atoms with van der Waals surface area (Å²) < 4.78 is 55.9. The third-order valence-corrected chi connectivity index (χ3v) is 22.5. The summed E-state index contributed by atoms with van der Waals surface area (Å²) in [4.78, 5) is 63.1. The van der Waals surface area contributed by atoms with Crippen molar-refractivity contribution in [3.05, 3.63) is 197 Å². The van der Waals surface area contributed by atoms with Crippen LogP contribution in [0.3, 0.4) is 0 Å². The Morgan fingerprint density at radius 3 is 1.65 bits per heavy atom. The maximum atomic E-state index is 13.6. The second kappa shape index (κ2) is 41.2. The molecule has 9 heterocycles. The summed E-state index contributed by atoms with van der Waals surface area (Å²) in [6, 6.07) is 29.9. The van der Waals surface area contributed by atoms with Gasteiger partial charge in [-0.05, 0) is 214 Å². The minimum atomic E-state index is -4.10. The van der Waals surface area contributed by atoms with E-state index in [-0.39, 0.29) is 56.0 Å². The summed E-state index contributed by atoms with van der Waals surface area (Å²) in [5, 5.41) is 44.2. The molecule has 33 heteroatoms. The maximum absolute atomic E-state index is 13.6. The van der Waals surface area contributed by atoms with Gasteiger partial charge >= 0.3 is 24.7 Å². The molecule has 21 nitrogen and oxygen atoms in total. The fraction of sp³-hybridized carbons (Fsp3) is 0.315. The number of thiophene rings is 4. The van der Waals surface area contributed by atoms with Crippen LogP contribution in [0.4, 0.5) is 5.82 Å². The van der Waals surface area contributed by atoms with Crippen LogP contribution >= 0.6 is 112 Å². The van der Waals surface area contributed by atoms with Crippen LogP contribution in [0, 0.1) is 33.6 Å². The van der Waals surface area contributed by atoms with Gasteiger partial charge in [0.05, 0.1) is 62.4 Å². The van der Waals surface area contributed by atoms with Gasteiger partial charge in [-0.1, -0.05) is 60.4 Å². The normalized spacial score (nSPS) is 14.8. The van der Waals surface area contributed by atoms with Crippen molar-refractivity contribution in [2.45, 2.75) is 126 Å². The molecule has 1 aliphatic carbocycles. The van der Waals surface area contributed by atoms with E-state index in [1.165, 1.54) is 57.5 Å². The number of ether oxygens (including phenoxy) is 2. The van der Waals surface area contributed by atoms with Crippen molar-refractivity contribution in [2.24, 2.45) is 11.1 Å². The molecule has 0 amide bonds. The molecule has 2 aliphatic rings. The number of aliphatic hydroxyl groups is 1. The van der Waals surface area contributed by atoms with Gasteiger partial charge in [-0.15, -0.1) is 45.3 Å². The SMILES string of the molecule is C.CC(C)OB(OC(C)C)OC(C)C.Cc1sc(C(=O)c2cncnc2N[C@@H]2C[C@H](COS(N)(=O)=O)[C@@H](O)C2)cc1-c1nccc2ccc(Cl)cc12.Cc1sc(C2OCCO2)cc1Br.Cc1sc(C=O)cc1-c1nccc2ccc(Cl)cc12.Cc1sc(C=O)cc1B(O)O.Clc1ccc2ccnc(Br)c2c1. The molecule has 106 heavy (non-hydrogen) atoms. The number of pyridine rings is 3. The first kappa shape index (κ1) is 87.3. The van der Waals surface area contributed by atoms with Gasteiger partial charge in [-0.25, -0.2) is 20.1 Å². The molecule has 1 saturated carbocycles. The summed E-state index contributed by atoms with van der Waals surface area (Å²) in [5.74, 6) is -0.354. The number of benzene rings is 3. The molecule has 13 rings (SSSR count). The zero-order valence-electron chi connectivity index (χ0n) is 58.6. The van der Waals surface area contributed by atoms with Crippen molar-refractivity contribution >= 4 is 199 Å². The second-order valence-corrected chi connectivity index (χ2v) is 33.7. The first-order chi connectivity index (χ1) is 49.9.